The molecule has 0 saturated carbocycles. The van der Waals surface area contributed by atoms with E-state index >= 15 is 0 Å². The highest BCUT2D eigenvalue weighted by molar-refractivity contribution is 5.87. The van der Waals surface area contributed by atoms with Crippen LogP contribution in [-0.2, 0) is 4.79 Å². The first-order valence-electron chi connectivity index (χ1n) is 6.68. The molecule has 0 aliphatic heterocycles. The molecule has 5 heteroatoms. The average molecular weight is 297 g/mol. The Morgan fingerprint density at radius 2 is 1.68 bits per heavy atom. The Balaban J connectivity index is 2.56. The van der Waals surface area contributed by atoms with Crippen molar-refractivity contribution in [2.75, 3.05) is 0 Å². The second-order valence-corrected chi connectivity index (χ2v) is 4.90. The molecule has 0 bridgehead atoms. The number of aliphatic carboxylic acids is 1. The molecule has 2 aromatic rings. The van der Waals surface area contributed by atoms with Crippen LogP contribution < -0.4 is 0 Å². The second kappa shape index (κ2) is 6.22. The minimum Gasteiger partial charge on any atom is -0.481 e. The number of carbonyl (C=O) groups is 1. The molecular weight excluding hydrogens is 282 g/mol. The maximum absolute atomic E-state index is 11.2. The zero-order valence-electron chi connectivity index (χ0n) is 12.0. The van der Waals surface area contributed by atoms with Gasteiger partial charge in [0.05, 0.1) is 16.4 Å². The van der Waals surface area contributed by atoms with Crippen LogP contribution in [0.2, 0.25) is 0 Å². The first-order chi connectivity index (χ1) is 10.4. The largest absolute Gasteiger partial charge is 0.481 e. The molecule has 5 nitrogen and oxygen atoms in total. The molecule has 1 atom stereocenters. The van der Waals surface area contributed by atoms with Crippen molar-refractivity contribution in [3.63, 3.8) is 0 Å². The van der Waals surface area contributed by atoms with Gasteiger partial charge in [0.1, 0.15) is 0 Å². The molecule has 0 fully saturated rings. The molecule has 0 heterocycles. The van der Waals surface area contributed by atoms with Gasteiger partial charge in [-0.15, -0.1) is 0 Å². The summed E-state index contributed by atoms with van der Waals surface area (Å²) >= 11 is 0. The molecule has 0 spiro atoms. The van der Waals surface area contributed by atoms with Crippen molar-refractivity contribution in [3.05, 3.63) is 81.9 Å². The van der Waals surface area contributed by atoms with Crippen molar-refractivity contribution in [2.45, 2.75) is 12.8 Å². The minimum atomic E-state index is -0.956. The number of nitro groups is 1. The fraction of sp³-hybridized carbons (Fsp3) is 0.118. The summed E-state index contributed by atoms with van der Waals surface area (Å²) in [5.74, 6) is -1.68. The predicted octanol–water partition coefficient (Wildman–Crippen LogP) is 3.84. The second-order valence-electron chi connectivity index (χ2n) is 4.90. The quantitative estimate of drug-likeness (QED) is 0.671. The standard InChI is InChI=1S/C17H15NO4/c1-11(15-9-5-6-10-16(15)18(21)22)13-7-3-4-8-14(13)12(2)17(19)20/h3-10,12H,1H2,2H3,(H,19,20). The molecule has 2 rings (SSSR count). The number of carboxylic acids is 1. The number of rotatable bonds is 5. The highest BCUT2D eigenvalue weighted by Gasteiger charge is 2.22. The fourth-order valence-electron chi connectivity index (χ4n) is 2.32. The van der Waals surface area contributed by atoms with Crippen LogP contribution >= 0.6 is 0 Å². The van der Waals surface area contributed by atoms with Crippen molar-refractivity contribution in [2.24, 2.45) is 0 Å². The topological polar surface area (TPSA) is 80.4 Å². The molecule has 1 N–H and O–H groups in total. The SMILES string of the molecule is C=C(c1ccccc1C(C)C(=O)O)c1ccccc1[N+](=O)[O-]. The lowest BCUT2D eigenvalue weighted by Gasteiger charge is -2.15. The van der Waals surface area contributed by atoms with E-state index in [2.05, 4.69) is 6.58 Å². The summed E-state index contributed by atoms with van der Waals surface area (Å²) in [7, 11) is 0. The molecule has 22 heavy (non-hydrogen) atoms. The van der Waals surface area contributed by atoms with Crippen LogP contribution in [0.25, 0.3) is 5.57 Å². The number of hydrogen-bond acceptors (Lipinski definition) is 3. The Kier molecular flexibility index (Phi) is 4.36. The molecule has 0 aromatic heterocycles. The van der Waals surface area contributed by atoms with Crippen LogP contribution in [0.1, 0.15) is 29.5 Å². The normalized spacial score (nSPS) is 11.7. The van der Waals surface area contributed by atoms with E-state index in [0.29, 0.717) is 22.3 Å². The van der Waals surface area contributed by atoms with Crippen molar-refractivity contribution in [1.82, 2.24) is 0 Å². The Labute approximate surface area is 127 Å². The van der Waals surface area contributed by atoms with Gasteiger partial charge < -0.3 is 5.11 Å². The maximum atomic E-state index is 11.2. The van der Waals surface area contributed by atoms with Crippen LogP contribution in [-0.4, -0.2) is 16.0 Å². The van der Waals surface area contributed by atoms with Gasteiger partial charge in [0.15, 0.2) is 0 Å². The summed E-state index contributed by atoms with van der Waals surface area (Å²) in [6.07, 6.45) is 0. The van der Waals surface area contributed by atoms with Crippen molar-refractivity contribution in [3.8, 4) is 0 Å². The van der Waals surface area contributed by atoms with Crippen LogP contribution in [0, 0.1) is 10.1 Å². The molecule has 112 valence electrons. The summed E-state index contributed by atoms with van der Waals surface area (Å²) < 4.78 is 0. The molecule has 2 aromatic carbocycles. The Morgan fingerprint density at radius 3 is 2.27 bits per heavy atom. The van der Waals surface area contributed by atoms with Crippen molar-refractivity contribution < 1.29 is 14.8 Å². The van der Waals surface area contributed by atoms with E-state index in [-0.39, 0.29) is 5.69 Å². The monoisotopic (exact) mass is 297 g/mol. The third-order valence-corrected chi connectivity index (χ3v) is 3.55. The van der Waals surface area contributed by atoms with Gasteiger partial charge in [-0.2, -0.15) is 0 Å². The van der Waals surface area contributed by atoms with Gasteiger partial charge in [-0.3, -0.25) is 14.9 Å². The number of hydrogen-bond donors (Lipinski definition) is 1. The Bertz CT molecular complexity index is 752. The lowest BCUT2D eigenvalue weighted by atomic mass is 9.89. The molecule has 0 amide bonds. The van der Waals surface area contributed by atoms with E-state index in [1.165, 1.54) is 6.07 Å². The first-order valence-corrected chi connectivity index (χ1v) is 6.68. The Morgan fingerprint density at radius 1 is 1.14 bits per heavy atom. The van der Waals surface area contributed by atoms with Gasteiger partial charge in [0.2, 0.25) is 0 Å². The summed E-state index contributed by atoms with van der Waals surface area (Å²) in [6.45, 7) is 5.52. The van der Waals surface area contributed by atoms with E-state index in [9.17, 15) is 20.0 Å². The van der Waals surface area contributed by atoms with Crippen LogP contribution in [0.4, 0.5) is 5.69 Å². The van der Waals surface area contributed by atoms with E-state index in [4.69, 9.17) is 0 Å². The third kappa shape index (κ3) is 2.88. The summed E-state index contributed by atoms with van der Waals surface area (Å²) in [6, 6.07) is 13.2. The number of nitrogens with zero attached hydrogens (tertiary/aromatic N) is 1. The molecule has 0 radical (unpaired) electrons. The smallest absolute Gasteiger partial charge is 0.310 e. The van der Waals surface area contributed by atoms with Crippen LogP contribution in [0.15, 0.2) is 55.1 Å². The van der Waals surface area contributed by atoms with Gasteiger partial charge in [0, 0.05) is 6.07 Å². The van der Waals surface area contributed by atoms with Gasteiger partial charge in [0.25, 0.3) is 5.69 Å². The highest BCUT2D eigenvalue weighted by Crippen LogP contribution is 2.33. The van der Waals surface area contributed by atoms with Gasteiger partial charge >= 0.3 is 5.97 Å². The summed E-state index contributed by atoms with van der Waals surface area (Å²) in [4.78, 5) is 21.9. The first kappa shape index (κ1) is 15.4. The van der Waals surface area contributed by atoms with E-state index in [1.807, 2.05) is 0 Å². The van der Waals surface area contributed by atoms with E-state index < -0.39 is 16.8 Å². The lowest BCUT2D eigenvalue weighted by molar-refractivity contribution is -0.385. The van der Waals surface area contributed by atoms with Crippen LogP contribution in [0.5, 0.6) is 0 Å². The summed E-state index contributed by atoms with van der Waals surface area (Å²) in [5, 5.41) is 20.4. The molecule has 0 saturated heterocycles. The number of carboxylic acid groups (broad SMARTS) is 1. The summed E-state index contributed by atoms with van der Waals surface area (Å²) in [5.41, 5.74) is 1.96. The van der Waals surface area contributed by atoms with Gasteiger partial charge in [-0.05, 0) is 29.7 Å². The van der Waals surface area contributed by atoms with E-state index in [0.717, 1.165) is 0 Å². The fourth-order valence-corrected chi connectivity index (χ4v) is 2.32. The highest BCUT2D eigenvalue weighted by atomic mass is 16.6. The zero-order valence-corrected chi connectivity index (χ0v) is 12.0. The molecule has 1 unspecified atom stereocenters. The Hall–Kier alpha value is -2.95. The molecular formula is C17H15NO4. The van der Waals surface area contributed by atoms with Gasteiger partial charge in [-0.1, -0.05) is 43.0 Å². The molecule has 0 aliphatic rings. The van der Waals surface area contributed by atoms with E-state index in [1.54, 1.807) is 49.4 Å². The van der Waals surface area contributed by atoms with Crippen molar-refractivity contribution >= 4 is 17.2 Å². The molecule has 0 aliphatic carbocycles. The third-order valence-electron chi connectivity index (χ3n) is 3.55. The number of para-hydroxylation sites is 1. The zero-order chi connectivity index (χ0) is 16.3. The average Bonchev–Trinajstić information content (AvgIpc) is 2.53. The van der Waals surface area contributed by atoms with Crippen LogP contribution in [0.3, 0.4) is 0 Å². The number of nitro benzene ring substituents is 1. The van der Waals surface area contributed by atoms with Crippen molar-refractivity contribution in [1.29, 1.82) is 0 Å². The maximum Gasteiger partial charge on any atom is 0.310 e. The predicted molar refractivity (Wildman–Crippen MR) is 83.7 cm³/mol. The lowest BCUT2D eigenvalue weighted by Crippen LogP contribution is -2.10. The minimum absolute atomic E-state index is 0.0507. The number of benzene rings is 2. The van der Waals surface area contributed by atoms with Gasteiger partial charge in [-0.25, -0.2) is 0 Å².